The minimum absolute atomic E-state index is 0.162. The van der Waals surface area contributed by atoms with Gasteiger partial charge in [-0.05, 0) is 18.9 Å². The van der Waals surface area contributed by atoms with Crippen molar-refractivity contribution < 1.29 is 9.66 Å². The third kappa shape index (κ3) is 3.30. The quantitative estimate of drug-likeness (QED) is 0.641. The molecule has 1 atom stereocenters. The lowest BCUT2D eigenvalue weighted by molar-refractivity contribution is -0.385. The van der Waals surface area contributed by atoms with E-state index in [1.54, 1.807) is 18.4 Å². The first kappa shape index (κ1) is 12.6. The second-order valence-corrected chi connectivity index (χ2v) is 4.22. The number of nitro groups is 1. The minimum Gasteiger partial charge on any atom is -0.497 e. The number of rotatable bonds is 5. The van der Waals surface area contributed by atoms with Crippen LogP contribution in [0.4, 0.5) is 5.69 Å². The largest absolute Gasteiger partial charge is 0.497 e. The van der Waals surface area contributed by atoms with Crippen LogP contribution in [-0.4, -0.2) is 17.6 Å². The van der Waals surface area contributed by atoms with Gasteiger partial charge in [-0.1, -0.05) is 18.2 Å². The van der Waals surface area contributed by atoms with E-state index in [0.717, 1.165) is 12.8 Å². The Morgan fingerprint density at radius 3 is 3.00 bits per heavy atom. The summed E-state index contributed by atoms with van der Waals surface area (Å²) in [6.45, 7) is 1.19. The molecule has 0 aromatic heterocycles. The van der Waals surface area contributed by atoms with Crippen LogP contribution in [0.3, 0.4) is 0 Å². The average molecular weight is 248 g/mol. The Balaban J connectivity index is 1.86. The number of nitrogens with zero attached hydrogens (tertiary/aromatic N) is 1. The van der Waals surface area contributed by atoms with Gasteiger partial charge in [0, 0.05) is 24.7 Å². The Kier molecular flexibility index (Phi) is 4.30. The Morgan fingerprint density at radius 1 is 1.44 bits per heavy atom. The number of hydrogen-bond acceptors (Lipinski definition) is 4. The molecule has 96 valence electrons. The zero-order valence-corrected chi connectivity index (χ0v) is 10.0. The van der Waals surface area contributed by atoms with E-state index < -0.39 is 0 Å². The van der Waals surface area contributed by atoms with Gasteiger partial charge in [0.05, 0.1) is 11.2 Å². The van der Waals surface area contributed by atoms with Crippen LogP contribution in [0.25, 0.3) is 0 Å². The van der Waals surface area contributed by atoms with Crippen LogP contribution in [0.2, 0.25) is 0 Å². The van der Waals surface area contributed by atoms with Gasteiger partial charge in [0.2, 0.25) is 0 Å². The van der Waals surface area contributed by atoms with Gasteiger partial charge in [0.25, 0.3) is 5.69 Å². The fourth-order valence-electron chi connectivity index (χ4n) is 1.94. The van der Waals surface area contributed by atoms with E-state index in [-0.39, 0.29) is 16.7 Å². The first-order valence-corrected chi connectivity index (χ1v) is 6.01. The van der Waals surface area contributed by atoms with Gasteiger partial charge < -0.3 is 10.1 Å². The molecule has 2 rings (SSSR count). The molecular weight excluding hydrogens is 232 g/mol. The van der Waals surface area contributed by atoms with Gasteiger partial charge in [-0.15, -0.1) is 0 Å². The van der Waals surface area contributed by atoms with Crippen LogP contribution < -0.4 is 5.32 Å². The van der Waals surface area contributed by atoms with Crippen molar-refractivity contribution in [2.45, 2.75) is 25.5 Å². The summed E-state index contributed by atoms with van der Waals surface area (Å²) < 4.78 is 5.42. The monoisotopic (exact) mass is 248 g/mol. The summed E-state index contributed by atoms with van der Waals surface area (Å²) in [6.07, 6.45) is 5.90. The molecule has 1 aromatic carbocycles. The predicted octanol–water partition coefficient (Wildman–Crippen LogP) is 2.38. The standard InChI is InChI=1S/C13H16N2O3/c16-15(17)13-7-2-1-5-11(13)9-14-10-12-6-3-4-8-18-12/h1-2,4-5,7-8,12,14H,3,6,9-10H2. The van der Waals surface area contributed by atoms with Gasteiger partial charge in [0.1, 0.15) is 6.10 Å². The molecule has 0 saturated heterocycles. The van der Waals surface area contributed by atoms with Crippen LogP contribution in [0.15, 0.2) is 36.6 Å². The summed E-state index contributed by atoms with van der Waals surface area (Å²) >= 11 is 0. The molecule has 0 radical (unpaired) electrons. The number of hydrogen-bond donors (Lipinski definition) is 1. The number of ether oxygens (including phenoxy) is 1. The van der Waals surface area contributed by atoms with Crippen molar-refractivity contribution in [2.24, 2.45) is 0 Å². The summed E-state index contributed by atoms with van der Waals surface area (Å²) in [7, 11) is 0. The molecule has 0 aliphatic carbocycles. The van der Waals surface area contributed by atoms with E-state index in [1.807, 2.05) is 12.1 Å². The highest BCUT2D eigenvalue weighted by Crippen LogP contribution is 2.17. The molecule has 1 aliphatic heterocycles. The Hall–Kier alpha value is -1.88. The van der Waals surface area contributed by atoms with Crippen molar-refractivity contribution >= 4 is 5.69 Å². The van der Waals surface area contributed by atoms with Crippen LogP contribution in [0.5, 0.6) is 0 Å². The van der Waals surface area contributed by atoms with Crippen LogP contribution in [-0.2, 0) is 11.3 Å². The van der Waals surface area contributed by atoms with Crippen LogP contribution >= 0.6 is 0 Å². The van der Waals surface area contributed by atoms with Gasteiger partial charge in [-0.2, -0.15) is 0 Å². The second kappa shape index (κ2) is 6.16. The Bertz CT molecular complexity index is 446. The maximum Gasteiger partial charge on any atom is 0.273 e. The average Bonchev–Trinajstić information content (AvgIpc) is 2.40. The smallest absolute Gasteiger partial charge is 0.273 e. The fraction of sp³-hybridized carbons (Fsp3) is 0.385. The lowest BCUT2D eigenvalue weighted by Gasteiger charge is -2.19. The Morgan fingerprint density at radius 2 is 2.28 bits per heavy atom. The molecule has 5 heteroatoms. The molecule has 1 aromatic rings. The predicted molar refractivity (Wildman–Crippen MR) is 68.1 cm³/mol. The highest BCUT2D eigenvalue weighted by atomic mass is 16.6. The second-order valence-electron chi connectivity index (χ2n) is 4.22. The Labute approximate surface area is 106 Å². The molecule has 0 spiro atoms. The van der Waals surface area contributed by atoms with Crippen molar-refractivity contribution in [3.8, 4) is 0 Å². The highest BCUT2D eigenvalue weighted by Gasteiger charge is 2.13. The summed E-state index contributed by atoms with van der Waals surface area (Å²) in [5, 5.41) is 14.0. The molecule has 1 unspecified atom stereocenters. The van der Waals surface area contributed by atoms with Crippen molar-refractivity contribution in [1.29, 1.82) is 0 Å². The third-order valence-electron chi connectivity index (χ3n) is 2.90. The number of benzene rings is 1. The number of nitro benzene ring substituents is 1. The van der Waals surface area contributed by atoms with Crippen molar-refractivity contribution in [2.75, 3.05) is 6.54 Å². The van der Waals surface area contributed by atoms with E-state index in [4.69, 9.17) is 4.74 Å². The van der Waals surface area contributed by atoms with Crippen LogP contribution in [0, 0.1) is 10.1 Å². The van der Waals surface area contributed by atoms with E-state index in [0.29, 0.717) is 18.7 Å². The van der Waals surface area contributed by atoms with Crippen molar-refractivity contribution in [3.63, 3.8) is 0 Å². The minimum atomic E-state index is -0.350. The molecule has 18 heavy (non-hydrogen) atoms. The normalized spacial score (nSPS) is 18.3. The summed E-state index contributed by atoms with van der Waals surface area (Å²) in [5.74, 6) is 0. The topological polar surface area (TPSA) is 64.4 Å². The molecule has 0 bridgehead atoms. The molecule has 5 nitrogen and oxygen atoms in total. The molecule has 1 N–H and O–H groups in total. The van der Waals surface area contributed by atoms with Crippen molar-refractivity contribution in [1.82, 2.24) is 5.32 Å². The van der Waals surface area contributed by atoms with Gasteiger partial charge in [-0.3, -0.25) is 10.1 Å². The van der Waals surface area contributed by atoms with Gasteiger partial charge >= 0.3 is 0 Å². The first-order valence-electron chi connectivity index (χ1n) is 6.01. The summed E-state index contributed by atoms with van der Waals surface area (Å²) in [6, 6.07) is 6.78. The maximum absolute atomic E-state index is 10.8. The van der Waals surface area contributed by atoms with Gasteiger partial charge in [-0.25, -0.2) is 0 Å². The lowest BCUT2D eigenvalue weighted by Crippen LogP contribution is -2.28. The van der Waals surface area contributed by atoms with Crippen LogP contribution in [0.1, 0.15) is 18.4 Å². The van der Waals surface area contributed by atoms with E-state index >= 15 is 0 Å². The molecule has 0 saturated carbocycles. The number of allylic oxidation sites excluding steroid dienone is 1. The molecule has 1 aliphatic rings. The molecular formula is C13H16N2O3. The number of nitrogens with one attached hydrogen (secondary N) is 1. The van der Waals surface area contributed by atoms with E-state index in [2.05, 4.69) is 5.32 Å². The third-order valence-corrected chi connectivity index (χ3v) is 2.90. The first-order chi connectivity index (χ1) is 8.77. The fourth-order valence-corrected chi connectivity index (χ4v) is 1.94. The summed E-state index contributed by atoms with van der Waals surface area (Å²) in [5.41, 5.74) is 0.864. The van der Waals surface area contributed by atoms with E-state index in [1.165, 1.54) is 6.07 Å². The van der Waals surface area contributed by atoms with Crippen molar-refractivity contribution in [3.05, 3.63) is 52.3 Å². The van der Waals surface area contributed by atoms with Gasteiger partial charge in [0.15, 0.2) is 0 Å². The molecule has 0 fully saturated rings. The SMILES string of the molecule is O=[N+]([O-])c1ccccc1CNCC1CCC=CO1. The zero-order chi connectivity index (χ0) is 12.8. The lowest BCUT2D eigenvalue weighted by atomic mass is 10.1. The summed E-state index contributed by atoms with van der Waals surface area (Å²) in [4.78, 5) is 10.5. The number of para-hydroxylation sites is 1. The molecule has 0 amide bonds. The van der Waals surface area contributed by atoms with E-state index in [9.17, 15) is 10.1 Å². The zero-order valence-electron chi connectivity index (χ0n) is 10.0. The molecule has 1 heterocycles. The highest BCUT2D eigenvalue weighted by molar-refractivity contribution is 5.39. The maximum atomic E-state index is 10.8.